The van der Waals surface area contributed by atoms with Gasteiger partial charge in [0.15, 0.2) is 11.0 Å². The first kappa shape index (κ1) is 19.1. The second-order valence-electron chi connectivity index (χ2n) is 6.03. The van der Waals surface area contributed by atoms with Crippen LogP contribution in [0.3, 0.4) is 0 Å². The van der Waals surface area contributed by atoms with Crippen LogP contribution in [0.1, 0.15) is 19.3 Å². The van der Waals surface area contributed by atoms with Gasteiger partial charge in [-0.2, -0.15) is 0 Å². The molecule has 3 heterocycles. The van der Waals surface area contributed by atoms with E-state index in [2.05, 4.69) is 27.0 Å². The lowest BCUT2D eigenvalue weighted by atomic mass is 9.92. The Morgan fingerprint density at radius 2 is 1.68 bits per heavy atom. The van der Waals surface area contributed by atoms with Crippen LogP contribution in [-0.2, 0) is 9.59 Å². The number of halogens is 1. The molecule has 0 aliphatic carbocycles. The summed E-state index contributed by atoms with van der Waals surface area (Å²) in [5.74, 6) is -1.56. The van der Waals surface area contributed by atoms with Gasteiger partial charge in [0.05, 0.1) is 0 Å². The molecule has 2 saturated heterocycles. The van der Waals surface area contributed by atoms with Crippen molar-refractivity contribution in [2.45, 2.75) is 31.3 Å². The minimum absolute atomic E-state index is 0.461. The van der Waals surface area contributed by atoms with Gasteiger partial charge in [-0.1, -0.05) is 18.0 Å². The lowest BCUT2D eigenvalue weighted by molar-refractivity contribution is -0.134. The summed E-state index contributed by atoms with van der Waals surface area (Å²) in [6, 6.07) is 5.12. The van der Waals surface area contributed by atoms with Crippen molar-refractivity contribution in [1.29, 1.82) is 0 Å². The standard InChI is InChI=1S/C12H17ClN4.C4H4O4/c1-16-9-3-2-4-10(16)8-17(7-9)12-6-5-11(13)14-15-12;5-3(6)1-2-4(7)8/h5-6,9-10H,2-4,7-8H2,1H3;1-2H,(H,5,6)(H,7,8)/b;2-1+. The van der Waals surface area contributed by atoms with Crippen molar-refractivity contribution in [3.05, 3.63) is 29.4 Å². The lowest BCUT2D eigenvalue weighted by Crippen LogP contribution is -2.59. The fraction of sp³-hybridized carbons (Fsp3) is 0.500. The number of carbonyl (C=O) groups is 2. The van der Waals surface area contributed by atoms with Crippen LogP contribution < -0.4 is 4.90 Å². The Morgan fingerprint density at radius 3 is 2.12 bits per heavy atom. The van der Waals surface area contributed by atoms with E-state index in [4.69, 9.17) is 21.8 Å². The average Bonchev–Trinajstić information content (AvgIpc) is 2.54. The van der Waals surface area contributed by atoms with Crippen LogP contribution in [0.5, 0.6) is 0 Å². The Kier molecular flexibility index (Phi) is 6.72. The van der Waals surface area contributed by atoms with Crippen LogP contribution >= 0.6 is 11.6 Å². The summed E-state index contributed by atoms with van der Waals surface area (Å²) < 4.78 is 0. The fourth-order valence-corrected chi connectivity index (χ4v) is 3.23. The number of nitrogens with zero attached hydrogens (tertiary/aromatic N) is 4. The SMILES string of the molecule is CN1C2CCCC1CN(c1ccc(Cl)nn1)C2.O=C(O)/C=C/C(=O)O. The third-order valence-corrected chi connectivity index (χ3v) is 4.60. The maximum atomic E-state index is 9.55. The number of piperidine rings is 1. The van der Waals surface area contributed by atoms with Gasteiger partial charge in [0.1, 0.15) is 0 Å². The van der Waals surface area contributed by atoms with Crippen molar-refractivity contribution >= 4 is 29.4 Å². The van der Waals surface area contributed by atoms with Gasteiger partial charge < -0.3 is 15.1 Å². The zero-order chi connectivity index (χ0) is 18.4. The maximum absolute atomic E-state index is 9.55. The Bertz CT molecular complexity index is 608. The molecule has 9 heteroatoms. The quantitative estimate of drug-likeness (QED) is 0.773. The van der Waals surface area contributed by atoms with E-state index in [-0.39, 0.29) is 0 Å². The summed E-state index contributed by atoms with van der Waals surface area (Å²) in [7, 11) is 2.25. The third-order valence-electron chi connectivity index (χ3n) is 4.40. The normalized spacial score (nSPS) is 23.0. The largest absolute Gasteiger partial charge is 0.478 e. The molecule has 2 fully saturated rings. The zero-order valence-electron chi connectivity index (χ0n) is 13.9. The van der Waals surface area contributed by atoms with E-state index in [1.54, 1.807) is 0 Å². The molecule has 0 spiro atoms. The Balaban J connectivity index is 0.000000242. The molecule has 2 unspecified atom stereocenters. The van der Waals surface area contributed by atoms with E-state index >= 15 is 0 Å². The Labute approximate surface area is 150 Å². The van der Waals surface area contributed by atoms with Gasteiger partial charge in [0.25, 0.3) is 0 Å². The number of aromatic nitrogens is 2. The minimum atomic E-state index is -1.26. The highest BCUT2D eigenvalue weighted by Gasteiger charge is 2.35. The number of aliphatic carboxylic acids is 2. The number of rotatable bonds is 3. The highest BCUT2D eigenvalue weighted by atomic mass is 35.5. The first-order valence-corrected chi connectivity index (χ1v) is 8.34. The molecule has 25 heavy (non-hydrogen) atoms. The Morgan fingerprint density at radius 1 is 1.12 bits per heavy atom. The second kappa shape index (κ2) is 8.77. The smallest absolute Gasteiger partial charge is 0.328 e. The number of piperazine rings is 1. The molecular formula is C16H21ClN4O4. The molecule has 1 aromatic heterocycles. The van der Waals surface area contributed by atoms with Crippen molar-refractivity contribution in [3.8, 4) is 0 Å². The van der Waals surface area contributed by atoms with Crippen molar-refractivity contribution < 1.29 is 19.8 Å². The van der Waals surface area contributed by atoms with Crippen molar-refractivity contribution in [2.75, 3.05) is 25.0 Å². The summed E-state index contributed by atoms with van der Waals surface area (Å²) in [6.07, 6.45) is 5.07. The number of hydrogen-bond acceptors (Lipinski definition) is 6. The lowest BCUT2D eigenvalue weighted by Gasteiger charge is -2.48. The monoisotopic (exact) mass is 368 g/mol. The highest BCUT2D eigenvalue weighted by molar-refractivity contribution is 6.29. The van der Waals surface area contributed by atoms with Crippen LogP contribution in [-0.4, -0.2) is 69.5 Å². The molecule has 136 valence electrons. The molecule has 8 nitrogen and oxygen atoms in total. The zero-order valence-corrected chi connectivity index (χ0v) is 14.6. The van der Waals surface area contributed by atoms with Crippen molar-refractivity contribution in [1.82, 2.24) is 15.1 Å². The van der Waals surface area contributed by atoms with E-state index in [1.165, 1.54) is 19.3 Å². The molecule has 0 radical (unpaired) electrons. The molecule has 2 atom stereocenters. The maximum Gasteiger partial charge on any atom is 0.328 e. The summed E-state index contributed by atoms with van der Waals surface area (Å²) in [5.41, 5.74) is 0. The number of carboxylic acids is 2. The number of carboxylic acid groups (broad SMARTS) is 2. The number of fused-ring (bicyclic) bond motifs is 2. The molecule has 0 saturated carbocycles. The summed E-state index contributed by atoms with van der Waals surface area (Å²) in [6.45, 7) is 2.12. The first-order valence-electron chi connectivity index (χ1n) is 7.97. The van der Waals surface area contributed by atoms with Gasteiger partial charge >= 0.3 is 11.9 Å². The molecule has 2 aliphatic heterocycles. The molecule has 0 aromatic carbocycles. The topological polar surface area (TPSA) is 107 Å². The molecule has 1 aromatic rings. The van der Waals surface area contributed by atoms with E-state index < -0.39 is 11.9 Å². The summed E-state index contributed by atoms with van der Waals surface area (Å²) in [5, 5.41) is 24.2. The molecule has 3 rings (SSSR count). The van der Waals surface area contributed by atoms with Crippen LogP contribution in [0, 0.1) is 0 Å². The molecule has 2 N–H and O–H groups in total. The molecular weight excluding hydrogens is 348 g/mol. The highest BCUT2D eigenvalue weighted by Crippen LogP contribution is 2.29. The predicted octanol–water partition coefficient (Wildman–Crippen LogP) is 1.51. The number of hydrogen-bond donors (Lipinski definition) is 2. The second-order valence-corrected chi connectivity index (χ2v) is 6.42. The number of likely N-dealkylation sites (N-methyl/N-ethyl adjacent to an activating group) is 1. The van der Waals surface area contributed by atoms with Gasteiger partial charge in [-0.05, 0) is 32.0 Å². The van der Waals surface area contributed by atoms with Gasteiger partial charge in [-0.15, -0.1) is 10.2 Å². The van der Waals surface area contributed by atoms with E-state index in [0.717, 1.165) is 18.9 Å². The molecule has 2 bridgehead atoms. The summed E-state index contributed by atoms with van der Waals surface area (Å²) >= 11 is 5.77. The van der Waals surface area contributed by atoms with Gasteiger partial charge in [0.2, 0.25) is 0 Å². The number of anilines is 1. The van der Waals surface area contributed by atoms with E-state index in [9.17, 15) is 9.59 Å². The predicted molar refractivity (Wildman–Crippen MR) is 92.9 cm³/mol. The van der Waals surface area contributed by atoms with Gasteiger partial charge in [0, 0.05) is 37.3 Å². The summed E-state index contributed by atoms with van der Waals surface area (Å²) in [4.78, 5) is 24.0. The van der Waals surface area contributed by atoms with Gasteiger partial charge in [-0.3, -0.25) is 4.90 Å². The fourth-order valence-electron chi connectivity index (χ4n) is 3.13. The minimum Gasteiger partial charge on any atom is -0.478 e. The van der Waals surface area contributed by atoms with Crippen molar-refractivity contribution in [3.63, 3.8) is 0 Å². The molecule has 2 aliphatic rings. The third kappa shape index (κ3) is 5.68. The van der Waals surface area contributed by atoms with Crippen LogP contribution in [0.25, 0.3) is 0 Å². The van der Waals surface area contributed by atoms with Crippen LogP contribution in [0.2, 0.25) is 5.15 Å². The molecule has 0 amide bonds. The van der Waals surface area contributed by atoms with Crippen LogP contribution in [0.15, 0.2) is 24.3 Å². The van der Waals surface area contributed by atoms with Gasteiger partial charge in [-0.25, -0.2) is 9.59 Å². The van der Waals surface area contributed by atoms with E-state index in [1.807, 2.05) is 12.1 Å². The van der Waals surface area contributed by atoms with Crippen LogP contribution in [0.4, 0.5) is 5.82 Å². The van der Waals surface area contributed by atoms with Crippen molar-refractivity contribution in [2.24, 2.45) is 0 Å². The Hall–Kier alpha value is -2.19. The van der Waals surface area contributed by atoms with E-state index in [0.29, 0.717) is 29.4 Å². The first-order chi connectivity index (χ1) is 11.9. The average molecular weight is 369 g/mol.